The third-order valence-electron chi connectivity index (χ3n) is 4.93. The molecule has 0 saturated heterocycles. The zero-order chi connectivity index (χ0) is 22.7. The van der Waals surface area contributed by atoms with Gasteiger partial charge in [0.1, 0.15) is 22.8 Å². The van der Waals surface area contributed by atoms with Crippen LogP contribution in [0.1, 0.15) is 28.0 Å². The predicted octanol–water partition coefficient (Wildman–Crippen LogP) is 3.36. The Bertz CT molecular complexity index is 1330. The molecule has 3 aromatic heterocycles. The number of nitrogens with one attached hydrogen (secondary N) is 1. The number of hydrogen-bond acceptors (Lipinski definition) is 8. The molecule has 1 amide bonds. The molecule has 4 aromatic rings. The van der Waals surface area contributed by atoms with Gasteiger partial charge in [-0.3, -0.25) is 9.78 Å². The fourth-order valence-corrected chi connectivity index (χ4v) is 3.16. The van der Waals surface area contributed by atoms with Crippen molar-refractivity contribution in [3.63, 3.8) is 0 Å². The molecule has 0 aliphatic rings. The molecular formula is C23H21N3O6. The van der Waals surface area contributed by atoms with E-state index in [1.54, 1.807) is 25.1 Å². The van der Waals surface area contributed by atoms with E-state index in [4.69, 9.17) is 13.6 Å². The summed E-state index contributed by atoms with van der Waals surface area (Å²) in [5.41, 5.74) is 0.833. The molecule has 9 heteroatoms. The molecule has 0 spiro atoms. The van der Waals surface area contributed by atoms with Crippen molar-refractivity contribution in [1.29, 1.82) is 0 Å². The topological polar surface area (TPSA) is 128 Å². The van der Waals surface area contributed by atoms with Gasteiger partial charge >= 0.3 is 5.63 Å². The molecule has 0 fully saturated rings. The van der Waals surface area contributed by atoms with Crippen LogP contribution in [0.15, 0.2) is 56.5 Å². The van der Waals surface area contributed by atoms with Crippen molar-refractivity contribution in [3.8, 4) is 23.0 Å². The number of rotatable bonds is 7. The zero-order valence-electron chi connectivity index (χ0n) is 17.5. The Kier molecular flexibility index (Phi) is 5.89. The molecule has 0 aliphatic heterocycles. The van der Waals surface area contributed by atoms with Gasteiger partial charge in [0.15, 0.2) is 11.5 Å². The highest BCUT2D eigenvalue weighted by Gasteiger charge is 2.18. The van der Waals surface area contributed by atoms with Crippen molar-refractivity contribution in [1.82, 2.24) is 15.3 Å². The van der Waals surface area contributed by atoms with Crippen molar-refractivity contribution in [2.24, 2.45) is 0 Å². The van der Waals surface area contributed by atoms with Gasteiger partial charge in [0, 0.05) is 29.9 Å². The quantitative estimate of drug-likeness (QED) is 0.423. The lowest BCUT2D eigenvalue weighted by Gasteiger charge is -2.07. The van der Waals surface area contributed by atoms with Gasteiger partial charge in [0.2, 0.25) is 0 Å². The average molecular weight is 435 g/mol. The van der Waals surface area contributed by atoms with E-state index in [1.807, 2.05) is 6.07 Å². The molecule has 0 bridgehead atoms. The Balaban J connectivity index is 1.38. The van der Waals surface area contributed by atoms with E-state index in [-0.39, 0.29) is 28.7 Å². The zero-order valence-corrected chi connectivity index (χ0v) is 17.5. The van der Waals surface area contributed by atoms with Crippen molar-refractivity contribution in [3.05, 3.63) is 70.1 Å². The van der Waals surface area contributed by atoms with Gasteiger partial charge in [0.25, 0.3) is 5.91 Å². The van der Waals surface area contributed by atoms with E-state index in [1.165, 1.54) is 25.5 Å². The average Bonchev–Trinajstić information content (AvgIpc) is 3.23. The number of furan rings is 1. The van der Waals surface area contributed by atoms with Gasteiger partial charge in [-0.2, -0.15) is 0 Å². The van der Waals surface area contributed by atoms with Crippen LogP contribution in [-0.4, -0.2) is 34.1 Å². The molecule has 2 N–H and O–H groups in total. The van der Waals surface area contributed by atoms with Gasteiger partial charge < -0.3 is 24.0 Å². The minimum atomic E-state index is -0.612. The lowest BCUT2D eigenvalue weighted by Crippen LogP contribution is -2.26. The number of aromatic nitrogens is 2. The third kappa shape index (κ3) is 4.31. The first-order chi connectivity index (χ1) is 15.4. The number of carbonyl (C=O) groups excluding carboxylic acids is 1. The summed E-state index contributed by atoms with van der Waals surface area (Å²) in [5.74, 6) is 0.779. The molecule has 4 rings (SSSR count). The second-order valence-corrected chi connectivity index (χ2v) is 7.18. The molecular weight excluding hydrogens is 414 g/mol. The fraction of sp³-hybridized carbons (Fsp3) is 0.217. The summed E-state index contributed by atoms with van der Waals surface area (Å²) in [4.78, 5) is 31.7. The summed E-state index contributed by atoms with van der Waals surface area (Å²) in [6, 6.07) is 7.06. The van der Waals surface area contributed by atoms with Crippen LogP contribution in [0, 0.1) is 13.8 Å². The van der Waals surface area contributed by atoms with Crippen LogP contribution < -0.4 is 15.7 Å². The minimum Gasteiger partial charge on any atom is -0.507 e. The van der Waals surface area contributed by atoms with Gasteiger partial charge in [-0.15, -0.1) is 0 Å². The molecule has 9 nitrogen and oxygen atoms in total. The third-order valence-corrected chi connectivity index (χ3v) is 4.93. The number of amides is 1. The maximum absolute atomic E-state index is 11.9. The first-order valence-corrected chi connectivity index (χ1v) is 9.98. The maximum Gasteiger partial charge on any atom is 0.343 e. The molecule has 1 aromatic carbocycles. The molecule has 0 aliphatic carbocycles. The van der Waals surface area contributed by atoms with Crippen LogP contribution in [0.25, 0.3) is 22.5 Å². The number of carbonyl (C=O) groups is 1. The summed E-state index contributed by atoms with van der Waals surface area (Å²) < 4.78 is 16.9. The van der Waals surface area contributed by atoms with E-state index in [2.05, 4.69) is 15.3 Å². The van der Waals surface area contributed by atoms with Crippen LogP contribution in [0.3, 0.4) is 0 Å². The lowest BCUT2D eigenvalue weighted by atomic mass is 10.1. The summed E-state index contributed by atoms with van der Waals surface area (Å²) >= 11 is 0. The Morgan fingerprint density at radius 1 is 1.16 bits per heavy atom. The van der Waals surface area contributed by atoms with E-state index in [9.17, 15) is 14.7 Å². The van der Waals surface area contributed by atoms with E-state index in [0.717, 1.165) is 5.39 Å². The summed E-state index contributed by atoms with van der Waals surface area (Å²) in [7, 11) is 0. The first kappa shape index (κ1) is 21.1. The van der Waals surface area contributed by atoms with Gasteiger partial charge in [-0.05, 0) is 44.5 Å². The molecule has 164 valence electrons. The van der Waals surface area contributed by atoms with Gasteiger partial charge in [-0.25, -0.2) is 9.78 Å². The van der Waals surface area contributed by atoms with Crippen LogP contribution >= 0.6 is 0 Å². The number of ether oxygens (including phenoxy) is 1. The molecule has 32 heavy (non-hydrogen) atoms. The highest BCUT2D eigenvalue weighted by Crippen LogP contribution is 2.34. The molecule has 3 heterocycles. The van der Waals surface area contributed by atoms with Gasteiger partial charge in [0.05, 0.1) is 18.4 Å². The Morgan fingerprint density at radius 3 is 2.78 bits per heavy atom. The summed E-state index contributed by atoms with van der Waals surface area (Å²) in [6.07, 6.45) is 4.98. The number of nitrogens with zero attached hydrogens (tertiary/aromatic N) is 2. The van der Waals surface area contributed by atoms with Gasteiger partial charge in [-0.1, -0.05) is 0 Å². The second kappa shape index (κ2) is 8.93. The van der Waals surface area contributed by atoms with E-state index in [0.29, 0.717) is 42.2 Å². The van der Waals surface area contributed by atoms with Crippen LogP contribution in [0.4, 0.5) is 0 Å². The summed E-state index contributed by atoms with van der Waals surface area (Å²) in [6.45, 7) is 3.99. The lowest BCUT2D eigenvalue weighted by molar-refractivity contribution is 0.0946. The molecule has 0 radical (unpaired) electrons. The fourth-order valence-electron chi connectivity index (χ4n) is 3.16. The Hall–Kier alpha value is -4.14. The monoisotopic (exact) mass is 435 g/mol. The smallest absolute Gasteiger partial charge is 0.343 e. The number of aromatic hydroxyl groups is 1. The first-order valence-electron chi connectivity index (χ1n) is 9.98. The number of benzene rings is 1. The van der Waals surface area contributed by atoms with Crippen LogP contribution in [-0.2, 0) is 0 Å². The standard InChI is InChI=1S/C23H21N3O6/c1-13-20(27)14(2)23(29)32-21(13)19-11-15-10-16(4-5-18(15)31-19)30-9-3-6-26-22(28)17-12-24-7-8-25-17/h4-5,7-8,10-12,27H,3,6,9H2,1-2H3,(H,26,28). The molecule has 0 atom stereocenters. The molecule has 0 unspecified atom stereocenters. The number of fused-ring (bicyclic) bond motifs is 1. The Morgan fingerprint density at radius 2 is 2.00 bits per heavy atom. The summed E-state index contributed by atoms with van der Waals surface area (Å²) in [5, 5.41) is 13.7. The second-order valence-electron chi connectivity index (χ2n) is 7.18. The predicted molar refractivity (Wildman–Crippen MR) is 116 cm³/mol. The normalized spacial score (nSPS) is 10.9. The van der Waals surface area contributed by atoms with E-state index < -0.39 is 5.63 Å². The van der Waals surface area contributed by atoms with Crippen LogP contribution in [0.5, 0.6) is 11.5 Å². The Labute approximate surface area is 182 Å². The number of hydrogen-bond donors (Lipinski definition) is 2. The maximum atomic E-state index is 11.9. The largest absolute Gasteiger partial charge is 0.507 e. The highest BCUT2D eigenvalue weighted by molar-refractivity contribution is 5.91. The van der Waals surface area contributed by atoms with Crippen molar-refractivity contribution in [2.45, 2.75) is 20.3 Å². The molecule has 0 saturated carbocycles. The van der Waals surface area contributed by atoms with Crippen molar-refractivity contribution < 1.29 is 23.5 Å². The van der Waals surface area contributed by atoms with Crippen molar-refractivity contribution >= 4 is 16.9 Å². The minimum absolute atomic E-state index is 0.105. The SMILES string of the molecule is Cc1c(-c2cc3cc(OCCCNC(=O)c4cnccn4)ccc3o2)oc(=O)c(C)c1O. The van der Waals surface area contributed by atoms with E-state index >= 15 is 0 Å². The van der Waals surface area contributed by atoms with Crippen molar-refractivity contribution in [2.75, 3.05) is 13.2 Å². The highest BCUT2D eigenvalue weighted by atomic mass is 16.5. The van der Waals surface area contributed by atoms with Crippen LogP contribution in [0.2, 0.25) is 0 Å².